The predicted octanol–water partition coefficient (Wildman–Crippen LogP) is 5.26. The summed E-state index contributed by atoms with van der Waals surface area (Å²) in [6.45, 7) is 3.79. The van der Waals surface area contributed by atoms with Crippen LogP contribution in [0.15, 0.2) is 108 Å². The Morgan fingerprint density at radius 1 is 0.848 bits per heavy atom. The third-order valence-electron chi connectivity index (χ3n) is 8.34. The van der Waals surface area contributed by atoms with Gasteiger partial charge in [0.1, 0.15) is 0 Å². The van der Waals surface area contributed by atoms with E-state index in [0.29, 0.717) is 24.2 Å². The van der Waals surface area contributed by atoms with Crippen LogP contribution >= 0.6 is 0 Å². The van der Waals surface area contributed by atoms with Crippen molar-refractivity contribution in [1.29, 1.82) is 0 Å². The van der Waals surface area contributed by atoms with Crippen LogP contribution in [0.2, 0.25) is 0 Å². The minimum atomic E-state index is -3.77. The highest BCUT2D eigenvalue weighted by Gasteiger charge is 2.34. The molecule has 3 atom stereocenters. The summed E-state index contributed by atoms with van der Waals surface area (Å²) < 4.78 is 41.6. The molecule has 11 nitrogen and oxygen atoms in total. The molecule has 2 aliphatic rings. The number of hydrogen-bond donors (Lipinski definition) is 2. The van der Waals surface area contributed by atoms with Gasteiger partial charge in [0.2, 0.25) is 0 Å². The highest BCUT2D eigenvalue weighted by atomic mass is 32.2. The second kappa shape index (κ2) is 14.0. The largest absolute Gasteiger partial charge is 0.392 e. The van der Waals surface area contributed by atoms with Gasteiger partial charge in [-0.3, -0.25) is 19.7 Å². The lowest BCUT2D eigenvalue weighted by Gasteiger charge is -2.41. The number of benzene rings is 4. The van der Waals surface area contributed by atoms with E-state index in [4.69, 9.17) is 9.47 Å². The maximum absolute atomic E-state index is 13.0. The van der Waals surface area contributed by atoms with Gasteiger partial charge in [-0.2, -0.15) is 0 Å². The monoisotopic (exact) mass is 644 g/mol. The molecule has 2 N–H and O–H groups in total. The summed E-state index contributed by atoms with van der Waals surface area (Å²) >= 11 is 0. The van der Waals surface area contributed by atoms with Crippen LogP contribution in [0.5, 0.6) is 0 Å². The maximum Gasteiger partial charge on any atom is 0.269 e. The molecule has 0 amide bonds. The molecule has 0 unspecified atom stereocenters. The minimum absolute atomic E-state index is 0.0440. The van der Waals surface area contributed by atoms with Crippen molar-refractivity contribution in [2.24, 2.45) is 0 Å². The van der Waals surface area contributed by atoms with Crippen molar-refractivity contribution in [3.05, 3.63) is 130 Å². The molecule has 0 spiro atoms. The van der Waals surface area contributed by atoms with Crippen LogP contribution in [0.25, 0.3) is 0 Å². The molecule has 240 valence electrons. The van der Waals surface area contributed by atoms with Crippen molar-refractivity contribution in [3.8, 4) is 0 Å². The number of sulfonamides is 1. The number of ether oxygens (including phenoxy) is 2. The van der Waals surface area contributed by atoms with Crippen LogP contribution in [0.4, 0.5) is 17.1 Å². The lowest BCUT2D eigenvalue weighted by Crippen LogP contribution is -2.49. The summed E-state index contributed by atoms with van der Waals surface area (Å²) in [5.74, 6) is 0. The Morgan fingerprint density at radius 3 is 2.24 bits per heavy atom. The van der Waals surface area contributed by atoms with Crippen molar-refractivity contribution in [3.63, 3.8) is 0 Å². The Morgan fingerprint density at radius 2 is 1.57 bits per heavy atom. The van der Waals surface area contributed by atoms with Gasteiger partial charge < -0.3 is 19.5 Å². The molecule has 0 radical (unpaired) electrons. The molecule has 4 aromatic rings. The fraction of sp³-hybridized carbons (Fsp3) is 0.294. The molecule has 2 saturated heterocycles. The fourth-order valence-electron chi connectivity index (χ4n) is 5.86. The van der Waals surface area contributed by atoms with Gasteiger partial charge in [-0.1, -0.05) is 54.6 Å². The maximum atomic E-state index is 13.0. The summed E-state index contributed by atoms with van der Waals surface area (Å²) in [7, 11) is -3.77. The van der Waals surface area contributed by atoms with E-state index in [1.165, 1.54) is 12.1 Å². The Labute approximate surface area is 268 Å². The molecular weight excluding hydrogens is 608 g/mol. The first-order valence-electron chi connectivity index (χ1n) is 15.2. The summed E-state index contributed by atoms with van der Waals surface area (Å²) in [5.41, 5.74) is 3.92. The van der Waals surface area contributed by atoms with E-state index >= 15 is 0 Å². The van der Waals surface area contributed by atoms with E-state index in [0.717, 1.165) is 43.0 Å². The second-order valence-electron chi connectivity index (χ2n) is 11.5. The fourth-order valence-corrected chi connectivity index (χ4v) is 6.93. The average molecular weight is 645 g/mol. The second-order valence-corrected chi connectivity index (χ2v) is 13.1. The number of rotatable bonds is 10. The number of aliphatic hydroxyl groups excluding tert-OH is 1. The Bertz CT molecular complexity index is 1730. The first-order chi connectivity index (χ1) is 22.3. The molecular formula is C34H36N4O7S. The van der Waals surface area contributed by atoms with Gasteiger partial charge in [0, 0.05) is 68.2 Å². The Kier molecular flexibility index (Phi) is 9.61. The highest BCUT2D eigenvalue weighted by molar-refractivity contribution is 7.92. The van der Waals surface area contributed by atoms with Gasteiger partial charge >= 0.3 is 0 Å². The number of nitro groups is 1. The number of nitrogens with zero attached hydrogens (tertiary/aromatic N) is 3. The molecule has 4 aromatic carbocycles. The molecule has 2 fully saturated rings. The summed E-state index contributed by atoms with van der Waals surface area (Å²) in [4.78, 5) is 15.4. The third kappa shape index (κ3) is 7.54. The number of piperazine rings is 1. The lowest BCUT2D eigenvalue weighted by atomic mass is 9.99. The van der Waals surface area contributed by atoms with E-state index in [9.17, 15) is 23.6 Å². The zero-order valence-corrected chi connectivity index (χ0v) is 26.0. The summed E-state index contributed by atoms with van der Waals surface area (Å²) in [6, 6.07) is 29.6. The van der Waals surface area contributed by atoms with Crippen LogP contribution in [0.1, 0.15) is 35.5 Å². The molecule has 46 heavy (non-hydrogen) atoms. The SMILES string of the molecule is O=[N+]([O-])c1ccc(N2CCN(C[C@@H]3C[C@H](c4ccc(CO)cc4)O[C@H](c4cccc(NS(=O)(=O)c5ccccc5)c4)O3)CC2)cc1. The van der Waals surface area contributed by atoms with E-state index in [1.807, 2.05) is 30.3 Å². The van der Waals surface area contributed by atoms with Gasteiger partial charge in [0.25, 0.3) is 15.7 Å². The molecule has 6 rings (SSSR count). The van der Waals surface area contributed by atoms with Gasteiger partial charge in [-0.05, 0) is 47.5 Å². The smallest absolute Gasteiger partial charge is 0.269 e. The van der Waals surface area contributed by atoms with Crippen LogP contribution in [0.3, 0.4) is 0 Å². The molecule has 0 aliphatic carbocycles. The predicted molar refractivity (Wildman–Crippen MR) is 174 cm³/mol. The minimum Gasteiger partial charge on any atom is -0.392 e. The van der Waals surface area contributed by atoms with Crippen molar-refractivity contribution in [1.82, 2.24) is 4.90 Å². The highest BCUT2D eigenvalue weighted by Crippen LogP contribution is 2.39. The van der Waals surface area contributed by atoms with Crippen molar-refractivity contribution in [2.45, 2.75) is 36.4 Å². The third-order valence-corrected chi connectivity index (χ3v) is 9.74. The van der Waals surface area contributed by atoms with E-state index in [-0.39, 0.29) is 29.4 Å². The van der Waals surface area contributed by atoms with Gasteiger partial charge in [-0.15, -0.1) is 0 Å². The van der Waals surface area contributed by atoms with Crippen LogP contribution in [-0.4, -0.2) is 62.2 Å². The quantitative estimate of drug-likeness (QED) is 0.175. The van der Waals surface area contributed by atoms with Crippen LogP contribution in [0, 0.1) is 10.1 Å². The van der Waals surface area contributed by atoms with Crippen LogP contribution in [-0.2, 0) is 26.1 Å². The number of aliphatic hydroxyl groups is 1. The number of hydrogen-bond acceptors (Lipinski definition) is 9. The number of non-ortho nitro benzene ring substituents is 1. The summed E-state index contributed by atoms with van der Waals surface area (Å²) in [5, 5.41) is 20.6. The van der Waals surface area contributed by atoms with Gasteiger partial charge in [0.05, 0.1) is 28.6 Å². The first kappa shape index (κ1) is 31.6. The lowest BCUT2D eigenvalue weighted by molar-refractivity contribution is -0.384. The molecule has 0 bridgehead atoms. The average Bonchev–Trinajstić information content (AvgIpc) is 3.09. The number of nitro benzene ring substituents is 1. The zero-order valence-electron chi connectivity index (χ0n) is 25.1. The normalized spacial score (nSPS) is 20.7. The van der Waals surface area contributed by atoms with E-state index in [2.05, 4.69) is 14.5 Å². The molecule has 2 heterocycles. The van der Waals surface area contributed by atoms with Crippen molar-refractivity contribution < 1.29 is 27.9 Å². The molecule has 0 aromatic heterocycles. The van der Waals surface area contributed by atoms with Crippen LogP contribution < -0.4 is 9.62 Å². The molecule has 2 aliphatic heterocycles. The van der Waals surface area contributed by atoms with Crippen molar-refractivity contribution >= 4 is 27.1 Å². The first-order valence-corrected chi connectivity index (χ1v) is 16.7. The Balaban J connectivity index is 1.16. The Hall–Kier alpha value is -4.33. The molecule has 12 heteroatoms. The van der Waals surface area contributed by atoms with E-state index < -0.39 is 21.2 Å². The number of nitrogens with one attached hydrogen (secondary N) is 1. The van der Waals surface area contributed by atoms with Gasteiger partial charge in [-0.25, -0.2) is 8.42 Å². The zero-order chi connectivity index (χ0) is 32.1. The van der Waals surface area contributed by atoms with E-state index in [1.54, 1.807) is 60.7 Å². The van der Waals surface area contributed by atoms with Crippen molar-refractivity contribution in [2.75, 3.05) is 42.3 Å². The molecule has 0 saturated carbocycles. The standard InChI is InChI=1S/C34H36N4O7S/c39-24-25-9-11-26(12-10-25)33-22-31(23-36-17-19-37(20-18-36)29-13-15-30(16-14-29)38(40)41)44-34(45-33)27-5-4-6-28(21-27)35-46(42,43)32-7-2-1-3-8-32/h1-16,21,31,33-35,39H,17-20,22-24H2/t31-,33+,34+/m0/s1. The summed E-state index contributed by atoms with van der Waals surface area (Å²) in [6.07, 6.45) is -0.555. The number of anilines is 2. The topological polar surface area (TPSA) is 134 Å². The van der Waals surface area contributed by atoms with Gasteiger partial charge in [0.15, 0.2) is 6.29 Å².